The van der Waals surface area contributed by atoms with Crippen LogP contribution in [0.1, 0.15) is 6.92 Å². The van der Waals surface area contributed by atoms with Gasteiger partial charge in [0.05, 0.1) is 6.04 Å². The molecule has 0 heterocycles. The van der Waals surface area contributed by atoms with Gasteiger partial charge in [-0.15, -0.1) is 0 Å². The van der Waals surface area contributed by atoms with Gasteiger partial charge in [0.15, 0.2) is 11.6 Å². The molecule has 0 spiro atoms. The van der Waals surface area contributed by atoms with Crippen LogP contribution in [-0.4, -0.2) is 11.9 Å². The number of nitrogens with one attached hydrogen (secondary N) is 1. The van der Waals surface area contributed by atoms with E-state index in [2.05, 4.69) is 0 Å². The Kier molecular flexibility index (Phi) is 3.31. The highest BCUT2D eigenvalue weighted by Crippen LogP contribution is 2.20. The molecule has 0 saturated carbocycles. The average molecular weight is 218 g/mol. The third kappa shape index (κ3) is 2.69. The van der Waals surface area contributed by atoms with Gasteiger partial charge in [-0.2, -0.15) is 0 Å². The third-order valence-corrected chi connectivity index (χ3v) is 1.67. The molecule has 82 valence electrons. The zero-order chi connectivity index (χ0) is 11.6. The fourth-order valence-electron chi connectivity index (χ4n) is 0.899. The molecule has 0 bridgehead atoms. The Labute approximate surface area is 84.1 Å². The monoisotopic (exact) mass is 218 g/mol. The maximum atomic E-state index is 13.0. The Bertz CT molecular complexity index is 370. The Balaban J connectivity index is 3.00. The van der Waals surface area contributed by atoms with E-state index in [4.69, 9.17) is 5.73 Å². The van der Waals surface area contributed by atoms with Crippen LogP contribution in [0.15, 0.2) is 12.1 Å². The molecule has 1 rings (SSSR count). The number of hydrogen-bond acceptors (Lipinski definition) is 2. The van der Waals surface area contributed by atoms with Gasteiger partial charge < -0.3 is 11.1 Å². The topological polar surface area (TPSA) is 55.1 Å². The number of nitrogens with two attached hydrogens (primary N) is 1. The van der Waals surface area contributed by atoms with Crippen LogP contribution < -0.4 is 11.1 Å². The summed E-state index contributed by atoms with van der Waals surface area (Å²) < 4.78 is 38.5. The first-order chi connectivity index (χ1) is 6.91. The summed E-state index contributed by atoms with van der Waals surface area (Å²) >= 11 is 0. The SMILES string of the molecule is C[C@H](N)C(=O)Nc1c(F)cc(F)cc1F. The van der Waals surface area contributed by atoms with Gasteiger partial charge in [0.2, 0.25) is 5.91 Å². The second-order valence-electron chi connectivity index (χ2n) is 3.02. The second-order valence-corrected chi connectivity index (χ2v) is 3.02. The Morgan fingerprint density at radius 1 is 1.33 bits per heavy atom. The van der Waals surface area contributed by atoms with Crippen LogP contribution in [0.5, 0.6) is 0 Å². The van der Waals surface area contributed by atoms with Gasteiger partial charge in [0.1, 0.15) is 11.5 Å². The molecule has 0 saturated heterocycles. The lowest BCUT2D eigenvalue weighted by Crippen LogP contribution is -2.33. The number of rotatable bonds is 2. The van der Waals surface area contributed by atoms with Crippen LogP contribution in [0.3, 0.4) is 0 Å². The van der Waals surface area contributed by atoms with Crippen LogP contribution >= 0.6 is 0 Å². The molecule has 3 nitrogen and oxygen atoms in total. The van der Waals surface area contributed by atoms with Crippen molar-refractivity contribution in [2.45, 2.75) is 13.0 Å². The smallest absolute Gasteiger partial charge is 0.241 e. The fraction of sp³-hybridized carbons (Fsp3) is 0.222. The van der Waals surface area contributed by atoms with E-state index in [9.17, 15) is 18.0 Å². The van der Waals surface area contributed by atoms with Gasteiger partial charge in [0, 0.05) is 12.1 Å². The molecule has 0 fully saturated rings. The molecular formula is C9H9F3N2O. The molecule has 15 heavy (non-hydrogen) atoms. The van der Waals surface area contributed by atoms with Gasteiger partial charge in [-0.1, -0.05) is 0 Å². The summed E-state index contributed by atoms with van der Waals surface area (Å²) in [6, 6.07) is 0.0357. The van der Waals surface area contributed by atoms with Crippen molar-refractivity contribution in [2.75, 3.05) is 5.32 Å². The number of halogens is 3. The molecule has 0 unspecified atom stereocenters. The summed E-state index contributed by atoms with van der Waals surface area (Å²) in [7, 11) is 0. The maximum absolute atomic E-state index is 13.0. The predicted molar refractivity (Wildman–Crippen MR) is 48.6 cm³/mol. The first-order valence-electron chi connectivity index (χ1n) is 4.13. The first kappa shape index (κ1) is 11.5. The summed E-state index contributed by atoms with van der Waals surface area (Å²) in [5.74, 6) is -4.16. The van der Waals surface area contributed by atoms with Crippen LogP contribution in [0, 0.1) is 17.5 Å². The fourth-order valence-corrected chi connectivity index (χ4v) is 0.899. The Morgan fingerprint density at radius 2 is 1.80 bits per heavy atom. The van der Waals surface area contributed by atoms with Crippen molar-refractivity contribution < 1.29 is 18.0 Å². The molecule has 0 aliphatic heterocycles. The van der Waals surface area contributed by atoms with Crippen LogP contribution in [-0.2, 0) is 4.79 Å². The summed E-state index contributed by atoms with van der Waals surface area (Å²) in [4.78, 5) is 11.0. The molecule has 1 aromatic rings. The molecule has 0 aliphatic rings. The summed E-state index contributed by atoms with van der Waals surface area (Å²) in [6.07, 6.45) is 0. The lowest BCUT2D eigenvalue weighted by molar-refractivity contribution is -0.117. The number of benzene rings is 1. The minimum Gasteiger partial charge on any atom is -0.320 e. The van der Waals surface area contributed by atoms with Crippen LogP contribution in [0.2, 0.25) is 0 Å². The van der Waals surface area contributed by atoms with E-state index in [0.717, 1.165) is 0 Å². The molecular weight excluding hydrogens is 209 g/mol. The van der Waals surface area contributed by atoms with Crippen molar-refractivity contribution >= 4 is 11.6 Å². The van der Waals surface area contributed by atoms with Crippen molar-refractivity contribution in [2.24, 2.45) is 5.73 Å². The molecule has 3 N–H and O–H groups in total. The van der Waals surface area contributed by atoms with E-state index in [0.29, 0.717) is 12.1 Å². The largest absolute Gasteiger partial charge is 0.320 e. The van der Waals surface area contributed by atoms with E-state index >= 15 is 0 Å². The first-order valence-corrected chi connectivity index (χ1v) is 4.13. The molecule has 0 aromatic heterocycles. The second kappa shape index (κ2) is 4.31. The zero-order valence-electron chi connectivity index (χ0n) is 7.85. The van der Waals surface area contributed by atoms with E-state index in [1.54, 1.807) is 0 Å². The maximum Gasteiger partial charge on any atom is 0.241 e. The van der Waals surface area contributed by atoms with E-state index < -0.39 is 35.1 Å². The molecule has 6 heteroatoms. The van der Waals surface area contributed by atoms with Gasteiger partial charge >= 0.3 is 0 Å². The summed E-state index contributed by atoms with van der Waals surface area (Å²) in [6.45, 7) is 1.36. The van der Waals surface area contributed by atoms with Crippen molar-refractivity contribution in [3.8, 4) is 0 Å². The lowest BCUT2D eigenvalue weighted by Gasteiger charge is -2.09. The molecule has 1 atom stereocenters. The number of hydrogen-bond donors (Lipinski definition) is 2. The standard InChI is InChI=1S/C9H9F3N2O/c1-4(13)9(15)14-8-6(11)2-5(10)3-7(8)12/h2-4H,13H2,1H3,(H,14,15)/t4-/m0/s1. The number of carbonyl (C=O) groups is 1. The number of amides is 1. The van der Waals surface area contributed by atoms with Crippen molar-refractivity contribution in [1.82, 2.24) is 0 Å². The van der Waals surface area contributed by atoms with Gasteiger partial charge in [0.25, 0.3) is 0 Å². The number of anilines is 1. The molecule has 1 amide bonds. The molecule has 0 aliphatic carbocycles. The Morgan fingerprint density at radius 3 is 2.20 bits per heavy atom. The van der Waals surface area contributed by atoms with Crippen LogP contribution in [0.4, 0.5) is 18.9 Å². The predicted octanol–water partition coefficient (Wildman–Crippen LogP) is 1.39. The molecule has 0 radical (unpaired) electrons. The summed E-state index contributed by atoms with van der Waals surface area (Å²) in [5, 5.41) is 1.92. The van der Waals surface area contributed by atoms with Gasteiger partial charge in [-0.25, -0.2) is 13.2 Å². The van der Waals surface area contributed by atoms with Crippen molar-refractivity contribution in [1.29, 1.82) is 0 Å². The van der Waals surface area contributed by atoms with E-state index in [-0.39, 0.29) is 0 Å². The highest BCUT2D eigenvalue weighted by atomic mass is 19.1. The number of carbonyl (C=O) groups excluding carboxylic acids is 1. The van der Waals surface area contributed by atoms with Crippen molar-refractivity contribution in [3.05, 3.63) is 29.6 Å². The van der Waals surface area contributed by atoms with Crippen LogP contribution in [0.25, 0.3) is 0 Å². The van der Waals surface area contributed by atoms with E-state index in [1.165, 1.54) is 6.92 Å². The van der Waals surface area contributed by atoms with Crippen molar-refractivity contribution in [3.63, 3.8) is 0 Å². The minimum absolute atomic E-state index is 0.472. The zero-order valence-corrected chi connectivity index (χ0v) is 7.85. The Hall–Kier alpha value is -1.56. The van der Waals surface area contributed by atoms with E-state index in [1.807, 2.05) is 5.32 Å². The van der Waals surface area contributed by atoms with Gasteiger partial charge in [-0.05, 0) is 6.92 Å². The highest BCUT2D eigenvalue weighted by Gasteiger charge is 2.15. The average Bonchev–Trinajstić information content (AvgIpc) is 2.10. The third-order valence-electron chi connectivity index (χ3n) is 1.67. The van der Waals surface area contributed by atoms with Gasteiger partial charge in [-0.3, -0.25) is 4.79 Å². The summed E-state index contributed by atoms with van der Waals surface area (Å²) in [5.41, 5.74) is 4.49. The molecule has 1 aromatic carbocycles. The quantitative estimate of drug-likeness (QED) is 0.788. The normalized spacial score (nSPS) is 12.3. The lowest BCUT2D eigenvalue weighted by atomic mass is 10.2. The highest BCUT2D eigenvalue weighted by molar-refractivity contribution is 5.94. The minimum atomic E-state index is -1.18.